The van der Waals surface area contributed by atoms with Gasteiger partial charge in [0.1, 0.15) is 0 Å². The molecule has 0 aliphatic carbocycles. The Labute approximate surface area is 124 Å². The van der Waals surface area contributed by atoms with Gasteiger partial charge in [0, 0.05) is 5.25 Å². The van der Waals surface area contributed by atoms with Crippen molar-refractivity contribution in [3.63, 3.8) is 0 Å². The maximum absolute atomic E-state index is 12.5. The molecule has 0 saturated heterocycles. The second-order valence-electron chi connectivity index (χ2n) is 4.60. The Morgan fingerprint density at radius 3 is 2.52 bits per heavy atom. The topological polar surface area (TPSA) is 75.3 Å². The molecule has 0 saturated carbocycles. The number of benzene rings is 1. The summed E-state index contributed by atoms with van der Waals surface area (Å²) in [7, 11) is 0. The van der Waals surface area contributed by atoms with Gasteiger partial charge in [0.15, 0.2) is 0 Å². The Hall–Kier alpha value is -1.41. The van der Waals surface area contributed by atoms with E-state index in [1.54, 1.807) is 13.8 Å². The van der Waals surface area contributed by atoms with Crippen molar-refractivity contribution in [2.75, 3.05) is 16.8 Å². The fourth-order valence-corrected chi connectivity index (χ4v) is 2.15. The summed E-state index contributed by atoms with van der Waals surface area (Å²) in [4.78, 5) is 11.7. The minimum atomic E-state index is -4.47. The summed E-state index contributed by atoms with van der Waals surface area (Å²) in [6.07, 6.45) is -5.03. The lowest BCUT2D eigenvalue weighted by Gasteiger charge is -2.15. The molecule has 2 atom stereocenters. The second-order valence-corrected chi connectivity index (χ2v) is 5.97. The predicted octanol–water partition coefficient (Wildman–Crippen LogP) is 2.73. The highest BCUT2D eigenvalue weighted by atomic mass is 32.2. The van der Waals surface area contributed by atoms with Crippen LogP contribution in [-0.4, -0.2) is 28.1 Å². The lowest BCUT2D eigenvalue weighted by Crippen LogP contribution is -2.21. The molecule has 1 aromatic rings. The molecule has 4 nitrogen and oxygen atoms in total. The SMILES string of the molecule is CC(O)C(C)SCC(=O)Nc1ccc(C(F)(F)F)cc1N. The average Bonchev–Trinajstić information content (AvgIpc) is 2.36. The number of hydrogen-bond acceptors (Lipinski definition) is 4. The number of thioether (sulfide) groups is 1. The van der Waals surface area contributed by atoms with Crippen LogP contribution in [0.1, 0.15) is 19.4 Å². The zero-order valence-electron chi connectivity index (χ0n) is 11.6. The Morgan fingerprint density at radius 2 is 2.05 bits per heavy atom. The van der Waals surface area contributed by atoms with Gasteiger partial charge in [-0.05, 0) is 25.1 Å². The number of carbonyl (C=O) groups is 1. The van der Waals surface area contributed by atoms with Crippen LogP contribution in [-0.2, 0) is 11.0 Å². The zero-order chi connectivity index (χ0) is 16.2. The maximum atomic E-state index is 12.5. The van der Waals surface area contributed by atoms with Gasteiger partial charge >= 0.3 is 6.18 Å². The molecule has 1 amide bonds. The number of aliphatic hydroxyl groups is 1. The van der Waals surface area contributed by atoms with Crippen molar-refractivity contribution in [3.05, 3.63) is 23.8 Å². The van der Waals surface area contributed by atoms with Crippen LogP contribution in [0.3, 0.4) is 0 Å². The summed E-state index contributed by atoms with van der Waals surface area (Å²) in [5.41, 5.74) is 4.63. The minimum Gasteiger partial charge on any atom is -0.397 e. The summed E-state index contributed by atoms with van der Waals surface area (Å²) in [5, 5.41) is 11.6. The van der Waals surface area contributed by atoms with E-state index in [4.69, 9.17) is 5.73 Å². The van der Waals surface area contributed by atoms with Crippen LogP contribution in [0, 0.1) is 0 Å². The van der Waals surface area contributed by atoms with Crippen LogP contribution >= 0.6 is 11.8 Å². The van der Waals surface area contributed by atoms with Crippen LogP contribution in [0.2, 0.25) is 0 Å². The Bertz CT molecular complexity index is 507. The van der Waals surface area contributed by atoms with Crippen molar-refractivity contribution in [1.82, 2.24) is 0 Å². The van der Waals surface area contributed by atoms with E-state index in [1.807, 2.05) is 0 Å². The van der Waals surface area contributed by atoms with Gasteiger partial charge in [0.25, 0.3) is 0 Å². The number of amides is 1. The lowest BCUT2D eigenvalue weighted by molar-refractivity contribution is -0.137. The maximum Gasteiger partial charge on any atom is 0.416 e. The molecule has 0 aromatic heterocycles. The number of aliphatic hydroxyl groups excluding tert-OH is 1. The average molecular weight is 322 g/mol. The first-order valence-electron chi connectivity index (χ1n) is 6.17. The van der Waals surface area contributed by atoms with Gasteiger partial charge in [-0.3, -0.25) is 4.79 Å². The molecule has 0 aliphatic heterocycles. The highest BCUT2D eigenvalue weighted by molar-refractivity contribution is 8.00. The van der Waals surface area contributed by atoms with E-state index in [0.717, 1.165) is 18.2 Å². The molecule has 2 unspecified atom stereocenters. The van der Waals surface area contributed by atoms with Gasteiger partial charge < -0.3 is 16.2 Å². The van der Waals surface area contributed by atoms with E-state index in [0.29, 0.717) is 0 Å². The molecule has 0 fully saturated rings. The van der Waals surface area contributed by atoms with Gasteiger partial charge in [0.2, 0.25) is 5.91 Å². The van der Waals surface area contributed by atoms with E-state index >= 15 is 0 Å². The Morgan fingerprint density at radius 1 is 1.43 bits per heavy atom. The number of nitrogens with two attached hydrogens (primary N) is 1. The second kappa shape index (κ2) is 7.04. The molecule has 8 heteroatoms. The molecule has 0 bridgehead atoms. The predicted molar refractivity (Wildman–Crippen MR) is 78.1 cm³/mol. The standard InChI is InChI=1S/C13H17F3N2O2S/c1-7(19)8(2)21-6-12(20)18-11-4-3-9(5-10(11)17)13(14,15)16/h3-5,7-8,19H,6,17H2,1-2H3,(H,18,20). The van der Waals surface area contributed by atoms with Crippen molar-refractivity contribution in [2.45, 2.75) is 31.4 Å². The van der Waals surface area contributed by atoms with Crippen LogP contribution in [0.15, 0.2) is 18.2 Å². The highest BCUT2D eigenvalue weighted by Crippen LogP contribution is 2.32. The van der Waals surface area contributed by atoms with E-state index in [2.05, 4.69) is 5.32 Å². The highest BCUT2D eigenvalue weighted by Gasteiger charge is 2.30. The van der Waals surface area contributed by atoms with Crippen LogP contribution < -0.4 is 11.1 Å². The molecule has 118 valence electrons. The minimum absolute atomic E-state index is 0.0759. The first-order chi connectivity index (χ1) is 9.61. The molecular weight excluding hydrogens is 305 g/mol. The zero-order valence-corrected chi connectivity index (χ0v) is 12.4. The van der Waals surface area contributed by atoms with Crippen molar-refractivity contribution in [2.24, 2.45) is 0 Å². The third-order valence-electron chi connectivity index (χ3n) is 2.81. The Kier molecular flexibility index (Phi) is 5.91. The van der Waals surface area contributed by atoms with Crippen LogP contribution in [0.5, 0.6) is 0 Å². The third kappa shape index (κ3) is 5.47. The molecule has 4 N–H and O–H groups in total. The number of anilines is 2. The molecule has 0 radical (unpaired) electrons. The van der Waals surface area contributed by atoms with E-state index in [-0.39, 0.29) is 28.3 Å². The van der Waals surface area contributed by atoms with Gasteiger partial charge in [-0.2, -0.15) is 13.2 Å². The smallest absolute Gasteiger partial charge is 0.397 e. The van der Waals surface area contributed by atoms with Crippen molar-refractivity contribution >= 4 is 29.0 Å². The summed E-state index contributed by atoms with van der Waals surface area (Å²) in [5.74, 6) is -0.314. The summed E-state index contributed by atoms with van der Waals surface area (Å²) in [6, 6.07) is 2.76. The molecule has 21 heavy (non-hydrogen) atoms. The number of hydrogen-bond donors (Lipinski definition) is 3. The monoisotopic (exact) mass is 322 g/mol. The lowest BCUT2D eigenvalue weighted by atomic mass is 10.1. The quantitative estimate of drug-likeness (QED) is 0.729. The van der Waals surface area contributed by atoms with Gasteiger partial charge in [-0.15, -0.1) is 11.8 Å². The Balaban J connectivity index is 2.65. The normalized spacial score (nSPS) is 14.6. The number of carbonyl (C=O) groups excluding carboxylic acids is 1. The molecule has 0 aliphatic rings. The summed E-state index contributed by atoms with van der Waals surface area (Å²) >= 11 is 1.24. The first kappa shape index (κ1) is 17.6. The number of alkyl halides is 3. The van der Waals surface area contributed by atoms with Gasteiger partial charge in [-0.1, -0.05) is 6.92 Å². The first-order valence-corrected chi connectivity index (χ1v) is 7.22. The fourth-order valence-electron chi connectivity index (χ4n) is 1.39. The summed E-state index contributed by atoms with van der Waals surface area (Å²) in [6.45, 7) is 3.39. The molecule has 1 aromatic carbocycles. The number of nitrogens with one attached hydrogen (secondary N) is 1. The van der Waals surface area contributed by atoms with E-state index in [9.17, 15) is 23.1 Å². The van der Waals surface area contributed by atoms with Crippen molar-refractivity contribution < 1.29 is 23.1 Å². The molecular formula is C13H17F3N2O2S. The van der Waals surface area contributed by atoms with E-state index in [1.165, 1.54) is 11.8 Å². The number of rotatable bonds is 5. The number of halogens is 3. The molecule has 0 spiro atoms. The van der Waals surface area contributed by atoms with Crippen molar-refractivity contribution in [3.8, 4) is 0 Å². The fraction of sp³-hybridized carbons (Fsp3) is 0.462. The van der Waals surface area contributed by atoms with E-state index < -0.39 is 17.8 Å². The van der Waals surface area contributed by atoms with Gasteiger partial charge in [-0.25, -0.2) is 0 Å². The van der Waals surface area contributed by atoms with Crippen LogP contribution in [0.25, 0.3) is 0 Å². The van der Waals surface area contributed by atoms with Crippen molar-refractivity contribution in [1.29, 1.82) is 0 Å². The largest absolute Gasteiger partial charge is 0.416 e. The molecule has 0 heterocycles. The third-order valence-corrected chi connectivity index (χ3v) is 4.16. The van der Waals surface area contributed by atoms with Gasteiger partial charge in [0.05, 0.1) is 28.8 Å². The number of nitrogen functional groups attached to an aromatic ring is 1. The summed E-state index contributed by atoms with van der Waals surface area (Å²) < 4.78 is 37.4. The van der Waals surface area contributed by atoms with Crippen LogP contribution in [0.4, 0.5) is 24.5 Å². The molecule has 1 rings (SSSR count).